The van der Waals surface area contributed by atoms with Crippen molar-refractivity contribution in [3.63, 3.8) is 0 Å². The van der Waals surface area contributed by atoms with Gasteiger partial charge in [0.25, 0.3) is 5.91 Å². The molecule has 2 nitrogen and oxygen atoms in total. The van der Waals surface area contributed by atoms with Crippen molar-refractivity contribution in [2.24, 2.45) is 0 Å². The van der Waals surface area contributed by atoms with Crippen LogP contribution < -0.4 is 5.32 Å². The molecule has 3 rings (SSSR count). The van der Waals surface area contributed by atoms with Crippen molar-refractivity contribution in [3.8, 4) is 0 Å². The summed E-state index contributed by atoms with van der Waals surface area (Å²) in [5, 5.41) is 2.91. The van der Waals surface area contributed by atoms with E-state index in [1.165, 1.54) is 5.56 Å². The van der Waals surface area contributed by atoms with Crippen LogP contribution in [0.3, 0.4) is 0 Å². The number of carbonyl (C=O) groups is 1. The summed E-state index contributed by atoms with van der Waals surface area (Å²) in [4.78, 5) is 12.1. The maximum absolute atomic E-state index is 12.1. The topological polar surface area (TPSA) is 29.1 Å². The lowest BCUT2D eigenvalue weighted by Crippen LogP contribution is -2.03. The van der Waals surface area contributed by atoms with Crippen LogP contribution in [0.2, 0.25) is 0 Å². The molecule has 0 radical (unpaired) electrons. The Bertz CT molecular complexity index is 701. The molecular weight excluding hydrogens is 361 g/mol. The molecule has 0 spiro atoms. The lowest BCUT2D eigenvalue weighted by molar-refractivity contribution is -0.110. The largest absolute Gasteiger partial charge is 0.321 e. The highest BCUT2D eigenvalue weighted by molar-refractivity contribution is 14.1. The fraction of sp³-hybridized carbons (Fsp3) is 0.118. The Balaban J connectivity index is 2.03. The minimum Gasteiger partial charge on any atom is -0.321 e. The lowest BCUT2D eigenvalue weighted by Gasteiger charge is -2.01. The Morgan fingerprint density at radius 1 is 1.15 bits per heavy atom. The molecule has 0 bridgehead atoms. The molecule has 20 heavy (non-hydrogen) atoms. The zero-order chi connectivity index (χ0) is 14.1. The van der Waals surface area contributed by atoms with E-state index in [4.69, 9.17) is 0 Å². The summed E-state index contributed by atoms with van der Waals surface area (Å²) in [6.07, 6.45) is 2.98. The standard InChI is InChI=1S/C17H14INO/c1-2-11-3-5-12(6-4-11)9-15-14-10-13(18)7-8-16(14)19-17(15)20/h3-10H,2H2,1H3,(H,19,20). The average Bonchev–Trinajstić information content (AvgIpc) is 2.76. The van der Waals surface area contributed by atoms with Gasteiger partial charge in [-0.05, 0) is 64.4 Å². The molecular formula is C17H14INO. The molecule has 3 heteroatoms. The van der Waals surface area contributed by atoms with Crippen LogP contribution in [0.5, 0.6) is 0 Å². The second kappa shape index (κ2) is 5.40. The number of hydrogen-bond acceptors (Lipinski definition) is 1. The predicted octanol–water partition coefficient (Wildman–Crippen LogP) is 4.35. The highest BCUT2D eigenvalue weighted by Gasteiger charge is 2.23. The molecule has 1 amide bonds. The SMILES string of the molecule is CCc1ccc(C=C2C(=O)Nc3ccc(I)cc32)cc1. The molecule has 0 saturated carbocycles. The first-order valence-corrected chi connectivity index (χ1v) is 7.67. The van der Waals surface area contributed by atoms with Crippen molar-refractivity contribution in [1.82, 2.24) is 0 Å². The minimum absolute atomic E-state index is 0.0263. The van der Waals surface area contributed by atoms with Crippen LogP contribution in [0, 0.1) is 3.57 Å². The number of halogens is 1. The van der Waals surface area contributed by atoms with Crippen LogP contribution in [0.15, 0.2) is 42.5 Å². The van der Waals surface area contributed by atoms with Crippen molar-refractivity contribution in [3.05, 3.63) is 62.7 Å². The number of hydrogen-bond donors (Lipinski definition) is 1. The van der Waals surface area contributed by atoms with E-state index in [1.54, 1.807) is 0 Å². The van der Waals surface area contributed by atoms with Gasteiger partial charge >= 0.3 is 0 Å². The van der Waals surface area contributed by atoms with Gasteiger partial charge in [0, 0.05) is 20.4 Å². The highest BCUT2D eigenvalue weighted by atomic mass is 127. The molecule has 0 saturated heterocycles. The Kier molecular flexibility index (Phi) is 3.61. The number of fused-ring (bicyclic) bond motifs is 1. The summed E-state index contributed by atoms with van der Waals surface area (Å²) in [6, 6.07) is 14.3. The van der Waals surface area contributed by atoms with Gasteiger partial charge in [0.1, 0.15) is 0 Å². The Morgan fingerprint density at radius 2 is 1.90 bits per heavy atom. The van der Waals surface area contributed by atoms with Crippen LogP contribution in [0.4, 0.5) is 5.69 Å². The van der Waals surface area contributed by atoms with E-state index in [-0.39, 0.29) is 5.91 Å². The zero-order valence-electron chi connectivity index (χ0n) is 11.1. The van der Waals surface area contributed by atoms with Crippen LogP contribution in [-0.4, -0.2) is 5.91 Å². The molecule has 1 N–H and O–H groups in total. The fourth-order valence-electron chi connectivity index (χ4n) is 2.32. The van der Waals surface area contributed by atoms with Gasteiger partial charge in [-0.1, -0.05) is 31.2 Å². The molecule has 0 fully saturated rings. The van der Waals surface area contributed by atoms with Gasteiger partial charge in [0.05, 0.1) is 0 Å². The summed E-state index contributed by atoms with van der Waals surface area (Å²) in [5.41, 5.74) is 4.98. The number of carbonyl (C=O) groups excluding carboxylic acids is 1. The normalized spacial score (nSPS) is 15.3. The molecule has 2 aromatic rings. The van der Waals surface area contributed by atoms with Crippen LogP contribution in [0.1, 0.15) is 23.6 Å². The highest BCUT2D eigenvalue weighted by Crippen LogP contribution is 2.34. The molecule has 1 heterocycles. The molecule has 0 aliphatic carbocycles. The first-order valence-electron chi connectivity index (χ1n) is 6.59. The Morgan fingerprint density at radius 3 is 2.60 bits per heavy atom. The van der Waals surface area contributed by atoms with E-state index in [1.807, 2.05) is 24.3 Å². The third-order valence-electron chi connectivity index (χ3n) is 3.46. The van der Waals surface area contributed by atoms with E-state index in [0.29, 0.717) is 0 Å². The first kappa shape index (κ1) is 13.4. The molecule has 1 aliphatic rings. The van der Waals surface area contributed by atoms with Crippen molar-refractivity contribution in [2.75, 3.05) is 5.32 Å². The van der Waals surface area contributed by atoms with E-state index >= 15 is 0 Å². The Labute approximate surface area is 132 Å². The van der Waals surface area contributed by atoms with E-state index in [9.17, 15) is 4.79 Å². The quantitative estimate of drug-likeness (QED) is 0.614. The summed E-state index contributed by atoms with van der Waals surface area (Å²) >= 11 is 2.26. The van der Waals surface area contributed by atoms with Gasteiger partial charge < -0.3 is 5.32 Å². The molecule has 2 aromatic carbocycles. The summed E-state index contributed by atoms with van der Waals surface area (Å²) in [6.45, 7) is 2.13. The van der Waals surface area contributed by atoms with Gasteiger partial charge in [0.2, 0.25) is 0 Å². The molecule has 0 aromatic heterocycles. The van der Waals surface area contributed by atoms with Gasteiger partial charge in [0.15, 0.2) is 0 Å². The van der Waals surface area contributed by atoms with E-state index in [2.05, 4.69) is 59.1 Å². The number of anilines is 1. The molecule has 1 aliphatic heterocycles. The van der Waals surface area contributed by atoms with Gasteiger partial charge in [-0.2, -0.15) is 0 Å². The predicted molar refractivity (Wildman–Crippen MR) is 91.5 cm³/mol. The zero-order valence-corrected chi connectivity index (χ0v) is 13.3. The van der Waals surface area contributed by atoms with E-state index in [0.717, 1.165) is 32.4 Å². The molecule has 100 valence electrons. The van der Waals surface area contributed by atoms with Crippen molar-refractivity contribution in [2.45, 2.75) is 13.3 Å². The Hall–Kier alpha value is -1.62. The van der Waals surface area contributed by atoms with Crippen LogP contribution >= 0.6 is 22.6 Å². The number of benzene rings is 2. The fourth-order valence-corrected chi connectivity index (χ4v) is 2.81. The minimum atomic E-state index is -0.0263. The monoisotopic (exact) mass is 375 g/mol. The third-order valence-corrected chi connectivity index (χ3v) is 4.13. The number of rotatable bonds is 2. The van der Waals surface area contributed by atoms with Gasteiger partial charge in [-0.3, -0.25) is 4.79 Å². The third kappa shape index (κ3) is 2.50. The van der Waals surface area contributed by atoms with Gasteiger partial charge in [-0.15, -0.1) is 0 Å². The van der Waals surface area contributed by atoms with E-state index < -0.39 is 0 Å². The van der Waals surface area contributed by atoms with Crippen molar-refractivity contribution in [1.29, 1.82) is 0 Å². The van der Waals surface area contributed by atoms with Crippen molar-refractivity contribution < 1.29 is 4.79 Å². The molecule has 0 atom stereocenters. The smallest absolute Gasteiger partial charge is 0.256 e. The van der Waals surface area contributed by atoms with Crippen LogP contribution in [-0.2, 0) is 11.2 Å². The lowest BCUT2D eigenvalue weighted by atomic mass is 10.0. The number of aryl methyl sites for hydroxylation is 1. The number of amides is 1. The second-order valence-corrected chi connectivity index (χ2v) is 6.04. The summed E-state index contributed by atoms with van der Waals surface area (Å²) in [5.74, 6) is -0.0263. The summed E-state index contributed by atoms with van der Waals surface area (Å²) in [7, 11) is 0. The average molecular weight is 375 g/mol. The maximum Gasteiger partial charge on any atom is 0.256 e. The number of nitrogens with one attached hydrogen (secondary N) is 1. The van der Waals surface area contributed by atoms with Crippen molar-refractivity contribution >= 4 is 45.8 Å². The van der Waals surface area contributed by atoms with Crippen LogP contribution in [0.25, 0.3) is 11.6 Å². The van der Waals surface area contributed by atoms with Gasteiger partial charge in [-0.25, -0.2) is 0 Å². The maximum atomic E-state index is 12.1. The molecule has 0 unspecified atom stereocenters. The summed E-state index contributed by atoms with van der Waals surface area (Å²) < 4.78 is 1.13. The second-order valence-electron chi connectivity index (χ2n) is 4.80. The first-order chi connectivity index (χ1) is 9.67.